The number of hydrogen-bond donors (Lipinski definition) is 0. The van der Waals surface area contributed by atoms with Crippen molar-refractivity contribution < 1.29 is 8.78 Å². The van der Waals surface area contributed by atoms with Crippen molar-refractivity contribution in [1.82, 2.24) is 0 Å². The Kier molecular flexibility index (Phi) is 5.61. The Labute approximate surface area is 162 Å². The quantitative estimate of drug-likeness (QED) is 0.520. The van der Waals surface area contributed by atoms with Crippen LogP contribution in [0.1, 0.15) is 69.8 Å². The lowest BCUT2D eigenvalue weighted by atomic mass is 9.68. The summed E-state index contributed by atoms with van der Waals surface area (Å²) in [6.45, 7) is 2.37. The Hall–Kier alpha value is -1.70. The summed E-state index contributed by atoms with van der Waals surface area (Å²) in [7, 11) is 0. The number of hydrogen-bond acceptors (Lipinski definition) is 0. The van der Waals surface area contributed by atoms with Gasteiger partial charge in [0.2, 0.25) is 0 Å². The number of benzene rings is 2. The summed E-state index contributed by atoms with van der Waals surface area (Å²) >= 11 is 0. The van der Waals surface area contributed by atoms with Gasteiger partial charge in [0.05, 0.1) is 5.56 Å². The Morgan fingerprint density at radius 2 is 1.22 bits per heavy atom. The maximum Gasteiger partial charge on any atom is 0.134 e. The second-order valence-electron chi connectivity index (χ2n) is 8.86. The van der Waals surface area contributed by atoms with Gasteiger partial charge in [0.1, 0.15) is 11.6 Å². The van der Waals surface area contributed by atoms with Crippen molar-refractivity contribution in [2.24, 2.45) is 17.8 Å². The first-order valence-electron chi connectivity index (χ1n) is 10.7. The van der Waals surface area contributed by atoms with Crippen LogP contribution in [0.25, 0.3) is 11.1 Å². The predicted octanol–water partition coefficient (Wildman–Crippen LogP) is 7.73. The number of halogens is 2. The van der Waals surface area contributed by atoms with E-state index in [2.05, 4.69) is 6.92 Å². The smallest absolute Gasteiger partial charge is 0.134 e. The Morgan fingerprint density at radius 3 is 1.78 bits per heavy atom. The van der Waals surface area contributed by atoms with Crippen LogP contribution >= 0.6 is 0 Å². The van der Waals surface area contributed by atoms with Crippen LogP contribution in [0.2, 0.25) is 0 Å². The van der Waals surface area contributed by atoms with Crippen molar-refractivity contribution in [1.29, 1.82) is 0 Å². The molecular formula is C25H30F2. The van der Waals surface area contributed by atoms with Crippen LogP contribution < -0.4 is 0 Å². The Bertz CT molecular complexity index is 728. The van der Waals surface area contributed by atoms with Gasteiger partial charge in [-0.05, 0) is 85.5 Å². The highest BCUT2D eigenvalue weighted by Crippen LogP contribution is 2.44. The fraction of sp³-hybridized carbons (Fsp3) is 0.520. The van der Waals surface area contributed by atoms with Crippen LogP contribution in [0.5, 0.6) is 0 Å². The van der Waals surface area contributed by atoms with Crippen molar-refractivity contribution in [3.63, 3.8) is 0 Å². The van der Waals surface area contributed by atoms with Gasteiger partial charge < -0.3 is 0 Å². The first-order valence-corrected chi connectivity index (χ1v) is 10.7. The highest BCUT2D eigenvalue weighted by Gasteiger charge is 2.31. The summed E-state index contributed by atoms with van der Waals surface area (Å²) in [6.07, 6.45) is 10.1. The molecule has 0 aromatic heterocycles. The van der Waals surface area contributed by atoms with Crippen molar-refractivity contribution in [3.8, 4) is 11.1 Å². The molecule has 27 heavy (non-hydrogen) atoms. The molecule has 0 radical (unpaired) electrons. The van der Waals surface area contributed by atoms with E-state index >= 15 is 0 Å². The van der Waals surface area contributed by atoms with Crippen molar-refractivity contribution >= 4 is 0 Å². The molecule has 2 aliphatic carbocycles. The van der Waals surface area contributed by atoms with Gasteiger partial charge in [0.25, 0.3) is 0 Å². The van der Waals surface area contributed by atoms with Gasteiger partial charge >= 0.3 is 0 Å². The molecule has 0 N–H and O–H groups in total. The van der Waals surface area contributed by atoms with E-state index in [1.807, 2.05) is 18.2 Å². The average Bonchev–Trinajstić information content (AvgIpc) is 2.69. The van der Waals surface area contributed by atoms with E-state index in [-0.39, 0.29) is 5.56 Å². The second kappa shape index (κ2) is 8.12. The first-order chi connectivity index (χ1) is 13.1. The van der Waals surface area contributed by atoms with Crippen molar-refractivity contribution in [2.75, 3.05) is 0 Å². The second-order valence-corrected chi connectivity index (χ2v) is 8.86. The monoisotopic (exact) mass is 368 g/mol. The van der Waals surface area contributed by atoms with Crippen molar-refractivity contribution in [2.45, 2.75) is 64.2 Å². The summed E-state index contributed by atoms with van der Waals surface area (Å²) < 4.78 is 29.4. The van der Waals surface area contributed by atoms with Gasteiger partial charge in [-0.15, -0.1) is 0 Å². The van der Waals surface area contributed by atoms with Gasteiger partial charge in [-0.25, -0.2) is 8.78 Å². The molecule has 2 saturated carbocycles. The normalized spacial score (nSPS) is 28.9. The lowest BCUT2D eigenvalue weighted by Crippen LogP contribution is -2.24. The van der Waals surface area contributed by atoms with E-state index in [1.165, 1.54) is 38.5 Å². The van der Waals surface area contributed by atoms with Gasteiger partial charge in [-0.3, -0.25) is 0 Å². The molecule has 4 rings (SSSR count). The van der Waals surface area contributed by atoms with Crippen LogP contribution in [0.4, 0.5) is 8.78 Å². The molecule has 0 atom stereocenters. The van der Waals surface area contributed by atoms with Gasteiger partial charge in [-0.1, -0.05) is 50.1 Å². The predicted molar refractivity (Wildman–Crippen MR) is 108 cm³/mol. The average molecular weight is 369 g/mol. The Balaban J connectivity index is 1.44. The first kappa shape index (κ1) is 18.7. The lowest BCUT2D eigenvalue weighted by molar-refractivity contribution is 0.165. The summed E-state index contributed by atoms with van der Waals surface area (Å²) in [5.41, 5.74) is 1.55. The molecule has 0 unspecified atom stereocenters. The van der Waals surface area contributed by atoms with E-state index in [1.54, 1.807) is 24.3 Å². The van der Waals surface area contributed by atoms with E-state index in [4.69, 9.17) is 0 Å². The van der Waals surface area contributed by atoms with E-state index in [9.17, 15) is 8.78 Å². The summed E-state index contributed by atoms with van der Waals surface area (Å²) in [5, 5.41) is 0. The van der Waals surface area contributed by atoms with E-state index < -0.39 is 11.6 Å². The van der Waals surface area contributed by atoms with Crippen molar-refractivity contribution in [3.05, 3.63) is 59.7 Å². The van der Waals surface area contributed by atoms with Crippen LogP contribution in [-0.2, 0) is 0 Å². The maximum atomic E-state index is 14.7. The minimum atomic E-state index is -0.431. The zero-order valence-electron chi connectivity index (χ0n) is 16.3. The van der Waals surface area contributed by atoms with E-state index in [0.717, 1.165) is 36.2 Å². The largest absolute Gasteiger partial charge is 0.206 e. The zero-order chi connectivity index (χ0) is 18.8. The third-order valence-electron chi connectivity index (χ3n) is 7.10. The molecule has 2 heteroatoms. The summed E-state index contributed by atoms with van der Waals surface area (Å²) in [4.78, 5) is 0. The van der Waals surface area contributed by atoms with Crippen LogP contribution in [0.15, 0.2) is 42.5 Å². The molecule has 0 heterocycles. The molecule has 0 amide bonds. The molecule has 0 aliphatic heterocycles. The third kappa shape index (κ3) is 4.10. The molecule has 0 nitrogen and oxygen atoms in total. The molecule has 0 saturated heterocycles. The number of rotatable bonds is 3. The molecule has 144 valence electrons. The molecule has 0 bridgehead atoms. The molecule has 2 aromatic rings. The molecule has 2 aliphatic rings. The van der Waals surface area contributed by atoms with Crippen LogP contribution in [0, 0.1) is 29.4 Å². The van der Waals surface area contributed by atoms with E-state index in [0.29, 0.717) is 11.5 Å². The standard InChI is InChI=1S/C25H30F2/c1-17-7-9-18(10-8-17)19-11-13-20(14-12-19)22-15-23(26)25(24(27)16-22)21-5-3-2-4-6-21/h2-6,15-20H,7-14H2,1H3. The van der Waals surface area contributed by atoms with Crippen LogP contribution in [0.3, 0.4) is 0 Å². The van der Waals surface area contributed by atoms with Gasteiger partial charge in [0.15, 0.2) is 0 Å². The highest BCUT2D eigenvalue weighted by atomic mass is 19.1. The molecular weight excluding hydrogens is 338 g/mol. The van der Waals surface area contributed by atoms with Gasteiger partial charge in [0, 0.05) is 0 Å². The SMILES string of the molecule is CC1CCC(C2CCC(c3cc(F)c(-c4ccccc4)c(F)c3)CC2)CC1. The zero-order valence-corrected chi connectivity index (χ0v) is 16.3. The molecule has 2 aromatic carbocycles. The summed E-state index contributed by atoms with van der Waals surface area (Å²) in [6, 6.07) is 12.2. The van der Waals surface area contributed by atoms with Crippen LogP contribution in [-0.4, -0.2) is 0 Å². The minimum absolute atomic E-state index is 0.101. The summed E-state index contributed by atoms with van der Waals surface area (Å²) in [5.74, 6) is 2.05. The minimum Gasteiger partial charge on any atom is -0.206 e. The highest BCUT2D eigenvalue weighted by molar-refractivity contribution is 5.65. The van der Waals surface area contributed by atoms with Gasteiger partial charge in [-0.2, -0.15) is 0 Å². The lowest BCUT2D eigenvalue weighted by Gasteiger charge is -2.37. The maximum absolute atomic E-state index is 14.7. The molecule has 0 spiro atoms. The topological polar surface area (TPSA) is 0 Å². The molecule has 2 fully saturated rings. The fourth-order valence-corrected chi connectivity index (χ4v) is 5.39. The fourth-order valence-electron chi connectivity index (χ4n) is 5.39. The Morgan fingerprint density at radius 1 is 0.704 bits per heavy atom. The third-order valence-corrected chi connectivity index (χ3v) is 7.10.